The number of hydrogen-bond donors (Lipinski definition) is 1. The van der Waals surface area contributed by atoms with E-state index in [-0.39, 0.29) is 29.4 Å². The monoisotopic (exact) mass is 329 g/mol. The molecule has 0 radical (unpaired) electrons. The Morgan fingerprint density at radius 2 is 2.13 bits per heavy atom. The van der Waals surface area contributed by atoms with Crippen molar-refractivity contribution in [3.05, 3.63) is 23.9 Å². The van der Waals surface area contributed by atoms with Gasteiger partial charge >= 0.3 is 6.18 Å². The molecule has 2 saturated heterocycles. The zero-order valence-electron chi connectivity index (χ0n) is 12.5. The van der Waals surface area contributed by atoms with Crippen LogP contribution in [0.2, 0.25) is 0 Å². The van der Waals surface area contributed by atoms with Gasteiger partial charge in [0.15, 0.2) is 6.61 Å². The van der Waals surface area contributed by atoms with Gasteiger partial charge in [-0.3, -0.25) is 4.79 Å². The van der Waals surface area contributed by atoms with Crippen molar-refractivity contribution in [2.24, 2.45) is 0 Å². The van der Waals surface area contributed by atoms with Crippen LogP contribution in [0.1, 0.15) is 29.6 Å². The maximum atomic E-state index is 12.9. The van der Waals surface area contributed by atoms with Gasteiger partial charge in [-0.15, -0.1) is 0 Å². The highest BCUT2D eigenvalue weighted by atomic mass is 19.4. The van der Waals surface area contributed by atoms with Crippen LogP contribution >= 0.6 is 0 Å². The number of hydrogen-bond acceptors (Lipinski definition) is 4. The van der Waals surface area contributed by atoms with Crippen molar-refractivity contribution in [2.75, 3.05) is 19.7 Å². The van der Waals surface area contributed by atoms with E-state index in [4.69, 9.17) is 4.74 Å². The first-order chi connectivity index (χ1) is 11.0. The van der Waals surface area contributed by atoms with Crippen LogP contribution in [0.4, 0.5) is 13.2 Å². The van der Waals surface area contributed by atoms with Crippen molar-refractivity contribution in [1.82, 2.24) is 15.2 Å². The number of ether oxygens (including phenoxy) is 1. The second-order valence-corrected chi connectivity index (χ2v) is 5.85. The molecular formula is C15H18F3N3O2. The number of amides is 1. The van der Waals surface area contributed by atoms with Crippen LogP contribution < -0.4 is 10.1 Å². The summed E-state index contributed by atoms with van der Waals surface area (Å²) in [6.45, 7) is 0.0926. The summed E-state index contributed by atoms with van der Waals surface area (Å²) < 4.78 is 41.8. The standard InChI is InChI=1S/C15H18F3N3O2/c16-15(17,18)9-23-13-12(2-1-6-20-13)14(22)21-10-3-4-11(21)8-19-7-5-10/h1-2,6,10-11,19H,3-5,7-9H2. The molecule has 3 rings (SSSR count). The van der Waals surface area contributed by atoms with E-state index < -0.39 is 12.8 Å². The molecule has 3 heterocycles. The average molecular weight is 329 g/mol. The Bertz CT molecular complexity index is 565. The lowest BCUT2D eigenvalue weighted by Crippen LogP contribution is -2.42. The smallest absolute Gasteiger partial charge is 0.422 e. The fraction of sp³-hybridized carbons (Fsp3) is 0.600. The molecule has 2 atom stereocenters. The zero-order valence-corrected chi connectivity index (χ0v) is 12.5. The van der Waals surface area contributed by atoms with Crippen molar-refractivity contribution in [3.8, 4) is 5.88 Å². The number of pyridine rings is 1. The SMILES string of the molecule is O=C(c1cccnc1OCC(F)(F)F)N1C2CCNCC1CC2. The normalized spacial score (nSPS) is 24.4. The van der Waals surface area contributed by atoms with Gasteiger partial charge in [-0.2, -0.15) is 13.2 Å². The first kappa shape index (κ1) is 16.0. The first-order valence-electron chi connectivity index (χ1n) is 7.63. The third kappa shape index (κ3) is 3.57. The molecule has 0 saturated carbocycles. The Kier molecular flexibility index (Phi) is 4.43. The molecule has 0 aromatic carbocycles. The van der Waals surface area contributed by atoms with E-state index in [1.165, 1.54) is 18.3 Å². The molecule has 2 unspecified atom stereocenters. The summed E-state index contributed by atoms with van der Waals surface area (Å²) in [6, 6.07) is 3.20. The van der Waals surface area contributed by atoms with E-state index >= 15 is 0 Å². The average Bonchev–Trinajstić information content (AvgIpc) is 2.77. The Morgan fingerprint density at radius 3 is 2.91 bits per heavy atom. The van der Waals surface area contributed by atoms with E-state index in [1.54, 1.807) is 4.90 Å². The van der Waals surface area contributed by atoms with Crippen molar-refractivity contribution < 1.29 is 22.7 Å². The van der Waals surface area contributed by atoms with Crippen LogP contribution in [0.3, 0.4) is 0 Å². The van der Waals surface area contributed by atoms with Gasteiger partial charge in [-0.05, 0) is 37.9 Å². The number of alkyl halides is 3. The van der Waals surface area contributed by atoms with Crippen molar-refractivity contribution in [2.45, 2.75) is 37.5 Å². The lowest BCUT2D eigenvalue weighted by molar-refractivity contribution is -0.154. The molecular weight excluding hydrogens is 311 g/mol. The first-order valence-corrected chi connectivity index (χ1v) is 7.63. The highest BCUT2D eigenvalue weighted by Crippen LogP contribution is 2.31. The minimum Gasteiger partial charge on any atom is -0.467 e. The van der Waals surface area contributed by atoms with E-state index in [0.29, 0.717) is 6.54 Å². The Hall–Kier alpha value is -1.83. The van der Waals surface area contributed by atoms with Gasteiger partial charge in [0.05, 0.1) is 0 Å². The number of fused-ring (bicyclic) bond motifs is 2. The molecule has 1 N–H and O–H groups in total. The quantitative estimate of drug-likeness (QED) is 0.921. The van der Waals surface area contributed by atoms with Crippen LogP contribution in [-0.4, -0.2) is 53.7 Å². The summed E-state index contributed by atoms with van der Waals surface area (Å²) >= 11 is 0. The van der Waals surface area contributed by atoms with Crippen molar-refractivity contribution in [3.63, 3.8) is 0 Å². The third-order valence-corrected chi connectivity index (χ3v) is 4.26. The molecule has 1 aromatic rings. The van der Waals surface area contributed by atoms with Gasteiger partial charge in [0.2, 0.25) is 5.88 Å². The van der Waals surface area contributed by atoms with Crippen LogP contribution in [0.5, 0.6) is 5.88 Å². The van der Waals surface area contributed by atoms with Crippen molar-refractivity contribution in [1.29, 1.82) is 0 Å². The number of nitrogens with zero attached hydrogens (tertiary/aromatic N) is 2. The molecule has 0 spiro atoms. The molecule has 1 amide bonds. The van der Waals surface area contributed by atoms with Gasteiger partial charge < -0.3 is 15.0 Å². The minimum absolute atomic E-state index is 0.0747. The Balaban J connectivity index is 1.82. The summed E-state index contributed by atoms with van der Waals surface area (Å²) in [7, 11) is 0. The largest absolute Gasteiger partial charge is 0.467 e. The fourth-order valence-electron chi connectivity index (χ4n) is 3.27. The summed E-state index contributed by atoms with van der Waals surface area (Å²) in [5.74, 6) is -0.557. The second-order valence-electron chi connectivity index (χ2n) is 5.85. The number of carbonyl (C=O) groups excluding carboxylic acids is 1. The summed E-state index contributed by atoms with van der Waals surface area (Å²) in [5, 5.41) is 3.29. The van der Waals surface area contributed by atoms with E-state index in [9.17, 15) is 18.0 Å². The van der Waals surface area contributed by atoms with E-state index in [0.717, 1.165) is 25.8 Å². The predicted octanol–water partition coefficient (Wildman–Crippen LogP) is 1.99. The lowest BCUT2D eigenvalue weighted by atomic mass is 10.1. The molecule has 2 fully saturated rings. The molecule has 1 aromatic heterocycles. The van der Waals surface area contributed by atoms with Crippen LogP contribution in [-0.2, 0) is 0 Å². The van der Waals surface area contributed by atoms with Gasteiger partial charge in [-0.25, -0.2) is 4.98 Å². The number of carbonyl (C=O) groups is 1. The molecule has 8 heteroatoms. The van der Waals surface area contributed by atoms with Gasteiger partial charge in [-0.1, -0.05) is 0 Å². The van der Waals surface area contributed by atoms with Gasteiger partial charge in [0.1, 0.15) is 5.56 Å². The number of nitrogens with one attached hydrogen (secondary N) is 1. The summed E-state index contributed by atoms with van der Waals surface area (Å²) in [5.41, 5.74) is 0.0931. The van der Waals surface area contributed by atoms with Gasteiger partial charge in [0.25, 0.3) is 5.91 Å². The van der Waals surface area contributed by atoms with Crippen molar-refractivity contribution >= 4 is 5.91 Å². The maximum absolute atomic E-state index is 12.9. The molecule has 5 nitrogen and oxygen atoms in total. The number of rotatable bonds is 3. The Morgan fingerprint density at radius 1 is 1.35 bits per heavy atom. The van der Waals surface area contributed by atoms with Crippen LogP contribution in [0.25, 0.3) is 0 Å². The second kappa shape index (κ2) is 6.35. The summed E-state index contributed by atoms with van der Waals surface area (Å²) in [4.78, 5) is 18.5. The predicted molar refractivity (Wildman–Crippen MR) is 76.3 cm³/mol. The van der Waals surface area contributed by atoms with E-state index in [1.807, 2.05) is 0 Å². The highest BCUT2D eigenvalue weighted by molar-refractivity contribution is 5.97. The van der Waals surface area contributed by atoms with Crippen LogP contribution in [0, 0.1) is 0 Å². The minimum atomic E-state index is -4.47. The topological polar surface area (TPSA) is 54.5 Å². The molecule has 126 valence electrons. The third-order valence-electron chi connectivity index (χ3n) is 4.26. The highest BCUT2D eigenvalue weighted by Gasteiger charge is 2.39. The van der Waals surface area contributed by atoms with Gasteiger partial charge in [0, 0.05) is 24.8 Å². The summed E-state index contributed by atoms with van der Waals surface area (Å²) in [6.07, 6.45) is -0.467. The Labute approximate surface area is 131 Å². The molecule has 2 aliphatic heterocycles. The number of halogens is 3. The van der Waals surface area contributed by atoms with Crippen LogP contribution in [0.15, 0.2) is 18.3 Å². The molecule has 0 aliphatic carbocycles. The fourth-order valence-corrected chi connectivity index (χ4v) is 3.27. The maximum Gasteiger partial charge on any atom is 0.422 e. The zero-order chi connectivity index (χ0) is 16.4. The van der Waals surface area contributed by atoms with E-state index in [2.05, 4.69) is 10.3 Å². The number of aromatic nitrogens is 1. The lowest BCUT2D eigenvalue weighted by Gasteiger charge is -2.28. The molecule has 2 bridgehead atoms. The molecule has 23 heavy (non-hydrogen) atoms. The molecule has 2 aliphatic rings.